The Morgan fingerprint density at radius 3 is 2.32 bits per heavy atom. The Morgan fingerprint density at radius 2 is 1.64 bits per heavy atom. The molecule has 0 aliphatic heterocycles. The lowest BCUT2D eigenvalue weighted by molar-refractivity contribution is -0.247. The van der Waals surface area contributed by atoms with Crippen molar-refractivity contribution >= 4 is 5.97 Å². The van der Waals surface area contributed by atoms with Gasteiger partial charge < -0.3 is 4.74 Å². The summed E-state index contributed by atoms with van der Waals surface area (Å²) < 4.78 is 5.31. The van der Waals surface area contributed by atoms with Gasteiger partial charge in [-0.1, -0.05) is 45.2 Å². The molecule has 0 aliphatic carbocycles. The van der Waals surface area contributed by atoms with Crippen molar-refractivity contribution in [2.75, 3.05) is 19.8 Å². The Hall–Kier alpha value is -1.39. The number of ether oxygens (including phenoxy) is 1. The number of unbranched alkanes of at least 4 members (excludes halogenated alkanes) is 3. The van der Waals surface area contributed by atoms with Gasteiger partial charge in [-0.05, 0) is 37.0 Å². The molecule has 1 aromatic rings. The quantitative estimate of drug-likeness (QED) is 0.327. The molecule has 0 aliphatic rings. The van der Waals surface area contributed by atoms with Crippen molar-refractivity contribution in [2.45, 2.75) is 52.4 Å². The average molecular weight is 308 g/mol. The van der Waals surface area contributed by atoms with E-state index in [0.29, 0.717) is 18.8 Å². The van der Waals surface area contributed by atoms with E-state index in [1.54, 1.807) is 12.1 Å². The van der Waals surface area contributed by atoms with Crippen LogP contribution in [0.15, 0.2) is 24.3 Å². The van der Waals surface area contributed by atoms with Crippen molar-refractivity contribution in [3.05, 3.63) is 35.4 Å². The van der Waals surface area contributed by atoms with E-state index < -0.39 is 5.97 Å². The van der Waals surface area contributed by atoms with Crippen LogP contribution in [-0.2, 0) is 20.9 Å². The van der Waals surface area contributed by atoms with E-state index in [9.17, 15) is 4.79 Å². The van der Waals surface area contributed by atoms with E-state index in [1.165, 1.54) is 24.8 Å². The zero-order valence-electron chi connectivity index (χ0n) is 13.8. The fraction of sp³-hybridized carbons (Fsp3) is 0.611. The fourth-order valence-corrected chi connectivity index (χ4v) is 1.97. The highest BCUT2D eigenvalue weighted by atomic mass is 17.2. The van der Waals surface area contributed by atoms with Crippen molar-refractivity contribution in [3.63, 3.8) is 0 Å². The first kappa shape index (κ1) is 18.7. The molecule has 124 valence electrons. The van der Waals surface area contributed by atoms with Gasteiger partial charge in [-0.2, -0.15) is 4.89 Å². The maximum atomic E-state index is 11.8. The molecule has 0 radical (unpaired) electrons. The monoisotopic (exact) mass is 308 g/mol. The first-order valence-corrected chi connectivity index (χ1v) is 8.28. The number of carbonyl (C=O) groups is 1. The number of benzene rings is 1. The zero-order valence-corrected chi connectivity index (χ0v) is 13.8. The van der Waals surface area contributed by atoms with Crippen molar-refractivity contribution in [1.29, 1.82) is 0 Å². The van der Waals surface area contributed by atoms with Gasteiger partial charge in [-0.3, -0.25) is 4.89 Å². The normalized spacial score (nSPS) is 10.6. The molecule has 1 aromatic carbocycles. The van der Waals surface area contributed by atoms with Gasteiger partial charge >= 0.3 is 5.97 Å². The van der Waals surface area contributed by atoms with Crippen molar-refractivity contribution in [3.8, 4) is 0 Å². The predicted molar refractivity (Wildman–Crippen MR) is 86.8 cm³/mol. The smallest absolute Gasteiger partial charge is 0.373 e. The van der Waals surface area contributed by atoms with E-state index in [2.05, 4.69) is 13.8 Å². The Bertz CT molecular complexity index is 400. The van der Waals surface area contributed by atoms with E-state index in [0.717, 1.165) is 19.3 Å². The molecular weight excluding hydrogens is 280 g/mol. The van der Waals surface area contributed by atoms with Gasteiger partial charge in [-0.15, -0.1) is 0 Å². The summed E-state index contributed by atoms with van der Waals surface area (Å²) in [6.45, 7) is 5.70. The highest BCUT2D eigenvalue weighted by Gasteiger charge is 2.08. The second kappa shape index (κ2) is 12.2. The molecule has 0 bridgehead atoms. The van der Waals surface area contributed by atoms with E-state index in [-0.39, 0.29) is 6.61 Å². The number of aryl methyl sites for hydroxylation is 1. The van der Waals surface area contributed by atoms with Gasteiger partial charge in [0.05, 0.1) is 12.2 Å². The number of rotatable bonds is 12. The third-order valence-electron chi connectivity index (χ3n) is 3.35. The molecule has 4 heteroatoms. The molecule has 0 unspecified atom stereocenters. The molecule has 4 nitrogen and oxygen atoms in total. The van der Waals surface area contributed by atoms with E-state index in [4.69, 9.17) is 14.5 Å². The Balaban J connectivity index is 2.19. The maximum Gasteiger partial charge on any atom is 0.373 e. The van der Waals surface area contributed by atoms with Crippen LogP contribution >= 0.6 is 0 Å². The van der Waals surface area contributed by atoms with Crippen LogP contribution in [0.1, 0.15) is 61.9 Å². The van der Waals surface area contributed by atoms with E-state index >= 15 is 0 Å². The number of hydrogen-bond acceptors (Lipinski definition) is 4. The van der Waals surface area contributed by atoms with Gasteiger partial charge in [0.25, 0.3) is 0 Å². The summed E-state index contributed by atoms with van der Waals surface area (Å²) in [5.41, 5.74) is 1.75. The molecule has 0 saturated carbocycles. The maximum absolute atomic E-state index is 11.8. The van der Waals surface area contributed by atoms with Crippen LogP contribution in [0.5, 0.6) is 0 Å². The van der Waals surface area contributed by atoms with Crippen molar-refractivity contribution in [2.24, 2.45) is 0 Å². The third kappa shape index (κ3) is 8.15. The second-order valence-corrected chi connectivity index (χ2v) is 5.31. The van der Waals surface area contributed by atoms with Crippen LogP contribution in [0.3, 0.4) is 0 Å². The lowest BCUT2D eigenvalue weighted by atomic mass is 10.1. The predicted octanol–water partition coefficient (Wildman–Crippen LogP) is 4.32. The summed E-state index contributed by atoms with van der Waals surface area (Å²) in [5, 5.41) is 0. The summed E-state index contributed by atoms with van der Waals surface area (Å²) >= 11 is 0. The molecule has 0 N–H and O–H groups in total. The van der Waals surface area contributed by atoms with Gasteiger partial charge in [0.15, 0.2) is 0 Å². The second-order valence-electron chi connectivity index (χ2n) is 5.31. The molecule has 1 rings (SSSR count). The molecule has 0 spiro atoms. The van der Waals surface area contributed by atoms with Crippen LogP contribution in [-0.4, -0.2) is 25.8 Å². The summed E-state index contributed by atoms with van der Waals surface area (Å²) in [7, 11) is 0. The summed E-state index contributed by atoms with van der Waals surface area (Å²) in [6.07, 6.45) is 6.81. The summed E-state index contributed by atoms with van der Waals surface area (Å²) in [5.74, 6) is -0.464. The Morgan fingerprint density at radius 1 is 0.909 bits per heavy atom. The minimum absolute atomic E-state index is 0.255. The zero-order chi connectivity index (χ0) is 16.0. The topological polar surface area (TPSA) is 44.8 Å². The van der Waals surface area contributed by atoms with Gasteiger partial charge in [0.1, 0.15) is 6.61 Å². The standard InChI is InChI=1S/C18H28O4/c1-3-5-7-8-16-9-11-17(12-10-16)18(19)22-21-15-14-20-13-6-4-2/h9-12H,3-8,13-15H2,1-2H3. The SMILES string of the molecule is CCCCCc1ccc(C(=O)OOCCOCCCC)cc1. The lowest BCUT2D eigenvalue weighted by Gasteiger charge is -2.06. The highest BCUT2D eigenvalue weighted by Crippen LogP contribution is 2.10. The molecule has 0 heterocycles. The summed E-state index contributed by atoms with van der Waals surface area (Å²) in [6, 6.07) is 7.51. The largest absolute Gasteiger partial charge is 0.379 e. The van der Waals surface area contributed by atoms with Crippen LogP contribution in [0, 0.1) is 0 Å². The average Bonchev–Trinajstić information content (AvgIpc) is 2.55. The first-order valence-electron chi connectivity index (χ1n) is 8.28. The molecular formula is C18H28O4. The van der Waals surface area contributed by atoms with Crippen LogP contribution < -0.4 is 0 Å². The molecule has 0 atom stereocenters. The minimum atomic E-state index is -0.464. The van der Waals surface area contributed by atoms with Crippen LogP contribution in [0.4, 0.5) is 0 Å². The minimum Gasteiger partial charge on any atom is -0.379 e. The summed E-state index contributed by atoms with van der Waals surface area (Å²) in [4.78, 5) is 21.4. The van der Waals surface area contributed by atoms with Crippen molar-refractivity contribution < 1.29 is 19.3 Å². The first-order chi connectivity index (χ1) is 10.8. The number of hydrogen-bond donors (Lipinski definition) is 0. The van der Waals surface area contributed by atoms with E-state index in [1.807, 2.05) is 12.1 Å². The van der Waals surface area contributed by atoms with Gasteiger partial charge in [0.2, 0.25) is 0 Å². The Kier molecular flexibility index (Phi) is 10.3. The molecule has 0 saturated heterocycles. The molecule has 0 amide bonds. The lowest BCUT2D eigenvalue weighted by Crippen LogP contribution is -2.10. The fourth-order valence-electron chi connectivity index (χ4n) is 1.97. The number of carbonyl (C=O) groups excluding carboxylic acids is 1. The van der Waals surface area contributed by atoms with Crippen LogP contribution in [0.25, 0.3) is 0 Å². The molecule has 0 fully saturated rings. The molecule has 22 heavy (non-hydrogen) atoms. The molecule has 0 aromatic heterocycles. The highest BCUT2D eigenvalue weighted by molar-refractivity contribution is 5.88. The third-order valence-corrected chi connectivity index (χ3v) is 3.35. The van der Waals surface area contributed by atoms with Gasteiger partial charge in [0, 0.05) is 6.61 Å². The van der Waals surface area contributed by atoms with Crippen LogP contribution in [0.2, 0.25) is 0 Å². The van der Waals surface area contributed by atoms with Gasteiger partial charge in [-0.25, -0.2) is 4.79 Å². The Labute approximate surface area is 133 Å². The van der Waals surface area contributed by atoms with Crippen molar-refractivity contribution in [1.82, 2.24) is 0 Å².